The predicted molar refractivity (Wildman–Crippen MR) is 73.4 cm³/mol. The lowest BCUT2D eigenvalue weighted by atomic mass is 10.2. The number of anilines is 2. The number of nitrogens with zero attached hydrogens (tertiary/aromatic N) is 2. The SMILES string of the molecule is CCOC(=O)CNc1nc(C2CC2)nc(NC)c1C. The van der Waals surface area contributed by atoms with E-state index in [2.05, 4.69) is 20.6 Å². The third kappa shape index (κ3) is 3.33. The Bertz CT molecular complexity index is 472. The van der Waals surface area contributed by atoms with Gasteiger partial charge in [-0.1, -0.05) is 0 Å². The average molecular weight is 264 g/mol. The molecule has 1 fully saturated rings. The molecule has 0 spiro atoms. The fourth-order valence-electron chi connectivity index (χ4n) is 1.84. The van der Waals surface area contributed by atoms with Crippen molar-refractivity contribution in [1.82, 2.24) is 9.97 Å². The maximum Gasteiger partial charge on any atom is 0.325 e. The highest BCUT2D eigenvalue weighted by molar-refractivity contribution is 5.75. The van der Waals surface area contributed by atoms with Crippen LogP contribution in [0.25, 0.3) is 0 Å². The van der Waals surface area contributed by atoms with Gasteiger partial charge in [0, 0.05) is 18.5 Å². The first-order valence-corrected chi connectivity index (χ1v) is 6.61. The van der Waals surface area contributed by atoms with E-state index in [-0.39, 0.29) is 12.5 Å². The second-order valence-corrected chi connectivity index (χ2v) is 4.59. The van der Waals surface area contributed by atoms with Crippen molar-refractivity contribution in [2.45, 2.75) is 32.6 Å². The molecule has 0 radical (unpaired) electrons. The van der Waals surface area contributed by atoms with Crippen molar-refractivity contribution in [3.8, 4) is 0 Å². The van der Waals surface area contributed by atoms with Gasteiger partial charge in [-0.25, -0.2) is 9.97 Å². The summed E-state index contributed by atoms with van der Waals surface area (Å²) in [5.41, 5.74) is 0.913. The van der Waals surface area contributed by atoms with Gasteiger partial charge < -0.3 is 15.4 Å². The van der Waals surface area contributed by atoms with E-state index in [4.69, 9.17) is 4.74 Å². The fraction of sp³-hybridized carbons (Fsp3) is 0.615. The molecule has 1 aliphatic carbocycles. The minimum Gasteiger partial charge on any atom is -0.465 e. The van der Waals surface area contributed by atoms with Crippen molar-refractivity contribution in [2.24, 2.45) is 0 Å². The molecule has 2 rings (SSSR count). The molecule has 104 valence electrons. The second-order valence-electron chi connectivity index (χ2n) is 4.59. The maximum absolute atomic E-state index is 11.4. The van der Waals surface area contributed by atoms with Crippen LogP contribution in [-0.4, -0.2) is 36.1 Å². The molecule has 1 saturated carbocycles. The summed E-state index contributed by atoms with van der Waals surface area (Å²) in [6.07, 6.45) is 2.28. The van der Waals surface area contributed by atoms with Crippen LogP contribution in [0.5, 0.6) is 0 Å². The van der Waals surface area contributed by atoms with E-state index in [0.29, 0.717) is 18.3 Å². The Hall–Kier alpha value is -1.85. The van der Waals surface area contributed by atoms with Crippen molar-refractivity contribution >= 4 is 17.6 Å². The summed E-state index contributed by atoms with van der Waals surface area (Å²) in [7, 11) is 1.83. The second kappa shape index (κ2) is 5.86. The summed E-state index contributed by atoms with van der Waals surface area (Å²) in [4.78, 5) is 20.4. The fourth-order valence-corrected chi connectivity index (χ4v) is 1.84. The van der Waals surface area contributed by atoms with Crippen molar-refractivity contribution in [3.05, 3.63) is 11.4 Å². The third-order valence-electron chi connectivity index (χ3n) is 3.05. The van der Waals surface area contributed by atoms with Crippen molar-refractivity contribution in [2.75, 3.05) is 30.8 Å². The van der Waals surface area contributed by atoms with Gasteiger partial charge in [-0.05, 0) is 26.7 Å². The first kappa shape index (κ1) is 13.6. The van der Waals surface area contributed by atoms with E-state index in [0.717, 1.165) is 30.0 Å². The molecule has 6 nitrogen and oxygen atoms in total. The maximum atomic E-state index is 11.4. The Kier molecular flexibility index (Phi) is 4.19. The van der Waals surface area contributed by atoms with E-state index >= 15 is 0 Å². The molecule has 1 aromatic heterocycles. The number of rotatable bonds is 6. The molecular weight excluding hydrogens is 244 g/mol. The van der Waals surface area contributed by atoms with Gasteiger partial charge in [-0.3, -0.25) is 4.79 Å². The van der Waals surface area contributed by atoms with Crippen LogP contribution < -0.4 is 10.6 Å². The molecule has 19 heavy (non-hydrogen) atoms. The Morgan fingerprint density at radius 1 is 1.37 bits per heavy atom. The summed E-state index contributed by atoms with van der Waals surface area (Å²) in [6, 6.07) is 0. The van der Waals surface area contributed by atoms with Gasteiger partial charge in [0.15, 0.2) is 0 Å². The van der Waals surface area contributed by atoms with E-state index in [9.17, 15) is 4.79 Å². The summed E-state index contributed by atoms with van der Waals surface area (Å²) in [5, 5.41) is 6.09. The highest BCUT2D eigenvalue weighted by Crippen LogP contribution is 2.39. The van der Waals surface area contributed by atoms with Crippen molar-refractivity contribution in [3.63, 3.8) is 0 Å². The molecule has 1 aliphatic rings. The van der Waals surface area contributed by atoms with Crippen LogP contribution in [0.4, 0.5) is 11.6 Å². The first-order chi connectivity index (χ1) is 9.15. The monoisotopic (exact) mass is 264 g/mol. The Morgan fingerprint density at radius 2 is 2.05 bits per heavy atom. The molecule has 0 atom stereocenters. The molecule has 1 aromatic rings. The summed E-state index contributed by atoms with van der Waals surface area (Å²) in [5.74, 6) is 2.55. The molecule has 0 saturated heterocycles. The number of esters is 1. The number of carbonyl (C=O) groups is 1. The zero-order chi connectivity index (χ0) is 13.8. The Labute approximate surface area is 113 Å². The largest absolute Gasteiger partial charge is 0.465 e. The van der Waals surface area contributed by atoms with Crippen molar-refractivity contribution in [1.29, 1.82) is 0 Å². The zero-order valence-electron chi connectivity index (χ0n) is 11.6. The number of nitrogens with one attached hydrogen (secondary N) is 2. The summed E-state index contributed by atoms with van der Waals surface area (Å²) < 4.78 is 4.89. The lowest BCUT2D eigenvalue weighted by Crippen LogP contribution is -2.19. The van der Waals surface area contributed by atoms with Gasteiger partial charge in [0.25, 0.3) is 0 Å². The van der Waals surface area contributed by atoms with Gasteiger partial charge in [-0.2, -0.15) is 0 Å². The van der Waals surface area contributed by atoms with Gasteiger partial charge in [-0.15, -0.1) is 0 Å². The lowest BCUT2D eigenvalue weighted by molar-refractivity contribution is -0.140. The first-order valence-electron chi connectivity index (χ1n) is 6.61. The zero-order valence-corrected chi connectivity index (χ0v) is 11.6. The van der Waals surface area contributed by atoms with Crippen LogP contribution in [-0.2, 0) is 9.53 Å². The molecular formula is C13H20N4O2. The number of ether oxygens (including phenoxy) is 1. The van der Waals surface area contributed by atoms with Crippen molar-refractivity contribution < 1.29 is 9.53 Å². The topological polar surface area (TPSA) is 76.1 Å². The summed E-state index contributed by atoms with van der Waals surface area (Å²) >= 11 is 0. The highest BCUT2D eigenvalue weighted by Gasteiger charge is 2.28. The molecule has 0 amide bonds. The smallest absolute Gasteiger partial charge is 0.325 e. The standard InChI is InChI=1S/C13H20N4O2/c1-4-19-10(18)7-15-12-8(2)11(14-3)16-13(17-12)9-5-6-9/h9H,4-7H2,1-3H3,(H2,14,15,16,17). The van der Waals surface area contributed by atoms with Gasteiger partial charge in [0.2, 0.25) is 0 Å². The number of hydrogen-bond acceptors (Lipinski definition) is 6. The summed E-state index contributed by atoms with van der Waals surface area (Å²) in [6.45, 7) is 4.23. The van der Waals surface area contributed by atoms with E-state index in [1.54, 1.807) is 6.92 Å². The van der Waals surface area contributed by atoms with E-state index in [1.807, 2.05) is 14.0 Å². The quantitative estimate of drug-likeness (QED) is 0.761. The normalized spacial score (nSPS) is 14.1. The number of aromatic nitrogens is 2. The third-order valence-corrected chi connectivity index (χ3v) is 3.05. The number of hydrogen-bond donors (Lipinski definition) is 2. The molecule has 2 N–H and O–H groups in total. The Morgan fingerprint density at radius 3 is 2.63 bits per heavy atom. The van der Waals surface area contributed by atoms with Gasteiger partial charge >= 0.3 is 5.97 Å². The Balaban J connectivity index is 2.13. The van der Waals surface area contributed by atoms with Crippen LogP contribution in [0.3, 0.4) is 0 Å². The van der Waals surface area contributed by atoms with E-state index < -0.39 is 0 Å². The molecule has 1 heterocycles. The van der Waals surface area contributed by atoms with Gasteiger partial charge in [0.05, 0.1) is 6.61 Å². The van der Waals surface area contributed by atoms with Crippen LogP contribution >= 0.6 is 0 Å². The minimum absolute atomic E-state index is 0.124. The van der Waals surface area contributed by atoms with Crippen LogP contribution in [0, 0.1) is 6.92 Å². The molecule has 6 heteroatoms. The molecule has 0 bridgehead atoms. The average Bonchev–Trinajstić information content (AvgIpc) is 3.22. The molecule has 0 aromatic carbocycles. The predicted octanol–water partition coefficient (Wildman–Crippen LogP) is 1.68. The lowest BCUT2D eigenvalue weighted by Gasteiger charge is -2.13. The minimum atomic E-state index is -0.278. The molecule has 0 aliphatic heterocycles. The van der Waals surface area contributed by atoms with Crippen LogP contribution in [0.15, 0.2) is 0 Å². The molecule has 0 unspecified atom stereocenters. The van der Waals surface area contributed by atoms with Crippen LogP contribution in [0.1, 0.15) is 37.1 Å². The van der Waals surface area contributed by atoms with Crippen LogP contribution in [0.2, 0.25) is 0 Å². The van der Waals surface area contributed by atoms with E-state index in [1.165, 1.54) is 0 Å². The highest BCUT2D eigenvalue weighted by atomic mass is 16.5. The number of carbonyl (C=O) groups excluding carboxylic acids is 1. The van der Waals surface area contributed by atoms with Gasteiger partial charge in [0.1, 0.15) is 24.0 Å².